The summed E-state index contributed by atoms with van der Waals surface area (Å²) in [5.74, 6) is 1.26. The van der Waals surface area contributed by atoms with Crippen molar-refractivity contribution in [2.24, 2.45) is 0 Å². The SMILES string of the molecule is COc1ccc2cc([C@@H](C)CB3OC(C)(C)C(C)(C)O3)ccc2c1. The van der Waals surface area contributed by atoms with E-state index in [1.54, 1.807) is 7.11 Å². The summed E-state index contributed by atoms with van der Waals surface area (Å²) in [5, 5.41) is 2.43. The second kappa shape index (κ2) is 6.09. The minimum Gasteiger partial charge on any atom is -0.497 e. The molecule has 0 aromatic heterocycles. The Bertz CT molecular complexity index is 723. The summed E-state index contributed by atoms with van der Waals surface area (Å²) in [6.45, 7) is 10.6. The van der Waals surface area contributed by atoms with E-state index in [0.29, 0.717) is 5.92 Å². The lowest BCUT2D eigenvalue weighted by molar-refractivity contribution is 0.00578. The number of methoxy groups -OCH3 is 1. The van der Waals surface area contributed by atoms with Crippen LogP contribution >= 0.6 is 0 Å². The van der Waals surface area contributed by atoms with Gasteiger partial charge in [0.1, 0.15) is 5.75 Å². The molecule has 0 aliphatic carbocycles. The van der Waals surface area contributed by atoms with Crippen molar-refractivity contribution < 1.29 is 14.0 Å². The van der Waals surface area contributed by atoms with Gasteiger partial charge in [0, 0.05) is 0 Å². The van der Waals surface area contributed by atoms with E-state index >= 15 is 0 Å². The lowest BCUT2D eigenvalue weighted by Crippen LogP contribution is -2.41. The normalized spacial score (nSPS) is 20.3. The van der Waals surface area contributed by atoms with Gasteiger partial charge >= 0.3 is 7.12 Å². The molecule has 0 saturated carbocycles. The molecule has 2 aromatic rings. The zero-order chi connectivity index (χ0) is 17.5. The van der Waals surface area contributed by atoms with Gasteiger partial charge in [0.05, 0.1) is 18.3 Å². The van der Waals surface area contributed by atoms with Crippen LogP contribution in [0.25, 0.3) is 10.8 Å². The molecule has 24 heavy (non-hydrogen) atoms. The molecule has 0 amide bonds. The van der Waals surface area contributed by atoms with Crippen LogP contribution in [0.15, 0.2) is 36.4 Å². The van der Waals surface area contributed by atoms with E-state index in [0.717, 1.165) is 12.1 Å². The van der Waals surface area contributed by atoms with Gasteiger partial charge in [-0.3, -0.25) is 0 Å². The van der Waals surface area contributed by atoms with Gasteiger partial charge < -0.3 is 14.0 Å². The fourth-order valence-corrected chi connectivity index (χ4v) is 3.16. The zero-order valence-electron chi connectivity index (χ0n) is 15.6. The molecule has 0 N–H and O–H groups in total. The van der Waals surface area contributed by atoms with Gasteiger partial charge in [0.25, 0.3) is 0 Å². The zero-order valence-corrected chi connectivity index (χ0v) is 15.6. The average Bonchev–Trinajstić information content (AvgIpc) is 2.73. The van der Waals surface area contributed by atoms with Crippen LogP contribution in [0.4, 0.5) is 0 Å². The van der Waals surface area contributed by atoms with Crippen LogP contribution < -0.4 is 4.74 Å². The first kappa shape index (κ1) is 17.3. The summed E-state index contributed by atoms with van der Waals surface area (Å²) in [4.78, 5) is 0. The van der Waals surface area contributed by atoms with Gasteiger partial charge in [0.2, 0.25) is 0 Å². The predicted molar refractivity (Wildman–Crippen MR) is 99.8 cm³/mol. The molecular formula is C20H27BO3. The molecule has 0 spiro atoms. The van der Waals surface area contributed by atoms with Crippen LogP contribution in [-0.2, 0) is 9.31 Å². The van der Waals surface area contributed by atoms with Crippen molar-refractivity contribution in [3.05, 3.63) is 42.0 Å². The Morgan fingerprint density at radius 2 is 1.54 bits per heavy atom. The summed E-state index contributed by atoms with van der Waals surface area (Å²) in [6.07, 6.45) is 0.856. The number of hydrogen-bond donors (Lipinski definition) is 0. The van der Waals surface area contributed by atoms with Gasteiger partial charge in [-0.1, -0.05) is 31.2 Å². The third kappa shape index (κ3) is 3.18. The van der Waals surface area contributed by atoms with Crippen molar-refractivity contribution in [1.29, 1.82) is 0 Å². The summed E-state index contributed by atoms with van der Waals surface area (Å²) in [6, 6.07) is 12.8. The maximum absolute atomic E-state index is 6.14. The summed E-state index contributed by atoms with van der Waals surface area (Å²) in [5.41, 5.74) is 0.775. The Hall–Kier alpha value is -1.52. The van der Waals surface area contributed by atoms with Crippen molar-refractivity contribution >= 4 is 17.9 Å². The predicted octanol–water partition coefficient (Wildman–Crippen LogP) is 5.04. The molecule has 1 heterocycles. The molecular weight excluding hydrogens is 299 g/mol. The first-order chi connectivity index (χ1) is 11.2. The highest BCUT2D eigenvalue weighted by Gasteiger charge is 2.51. The van der Waals surface area contributed by atoms with Crippen LogP contribution in [-0.4, -0.2) is 25.4 Å². The van der Waals surface area contributed by atoms with Crippen LogP contribution in [0, 0.1) is 0 Å². The standard InChI is InChI=1S/C20H27BO3/c1-14(13-21-23-19(2,3)20(4,5)24-21)15-7-8-17-12-18(22-6)10-9-16(17)11-15/h7-12,14H,13H2,1-6H3/t14-/m0/s1. The molecule has 0 bridgehead atoms. The second-order valence-electron chi connectivity index (χ2n) is 7.80. The molecule has 0 radical (unpaired) electrons. The fraction of sp³-hybridized carbons (Fsp3) is 0.500. The number of hydrogen-bond acceptors (Lipinski definition) is 3. The number of benzene rings is 2. The lowest BCUT2D eigenvalue weighted by atomic mass is 9.75. The summed E-state index contributed by atoms with van der Waals surface area (Å²) < 4.78 is 17.6. The summed E-state index contributed by atoms with van der Waals surface area (Å²) in [7, 11) is 1.54. The van der Waals surface area contributed by atoms with E-state index in [9.17, 15) is 0 Å². The van der Waals surface area contributed by atoms with Crippen LogP contribution in [0.1, 0.15) is 46.1 Å². The molecule has 1 aliphatic heterocycles. The van der Waals surface area contributed by atoms with Gasteiger partial charge in [-0.15, -0.1) is 0 Å². The smallest absolute Gasteiger partial charge is 0.458 e. The van der Waals surface area contributed by atoms with Gasteiger partial charge in [0.15, 0.2) is 0 Å². The maximum Gasteiger partial charge on any atom is 0.458 e. The number of rotatable bonds is 4. The molecule has 2 aromatic carbocycles. The van der Waals surface area contributed by atoms with Crippen molar-refractivity contribution in [2.75, 3.05) is 7.11 Å². The largest absolute Gasteiger partial charge is 0.497 e. The van der Waals surface area contributed by atoms with Crippen molar-refractivity contribution in [3.8, 4) is 5.75 Å². The molecule has 1 saturated heterocycles. The van der Waals surface area contributed by atoms with E-state index in [2.05, 4.69) is 65.0 Å². The number of fused-ring (bicyclic) bond motifs is 1. The first-order valence-electron chi connectivity index (χ1n) is 8.65. The van der Waals surface area contributed by atoms with E-state index in [-0.39, 0.29) is 18.3 Å². The molecule has 1 fully saturated rings. The van der Waals surface area contributed by atoms with E-state index in [1.165, 1.54) is 16.3 Å². The maximum atomic E-state index is 6.14. The minimum atomic E-state index is -0.267. The number of ether oxygens (including phenoxy) is 1. The monoisotopic (exact) mass is 326 g/mol. The Kier molecular flexibility index (Phi) is 4.39. The molecule has 1 atom stereocenters. The third-order valence-corrected chi connectivity index (χ3v) is 5.49. The Labute approximate surface area is 145 Å². The lowest BCUT2D eigenvalue weighted by Gasteiger charge is -2.32. The summed E-state index contributed by atoms with van der Waals surface area (Å²) >= 11 is 0. The molecule has 3 nitrogen and oxygen atoms in total. The molecule has 1 aliphatic rings. The molecule has 128 valence electrons. The van der Waals surface area contributed by atoms with Crippen molar-refractivity contribution in [1.82, 2.24) is 0 Å². The topological polar surface area (TPSA) is 27.7 Å². The van der Waals surface area contributed by atoms with E-state index in [1.807, 2.05) is 6.07 Å². The van der Waals surface area contributed by atoms with E-state index in [4.69, 9.17) is 14.0 Å². The van der Waals surface area contributed by atoms with Crippen molar-refractivity contribution in [3.63, 3.8) is 0 Å². The molecule has 4 heteroatoms. The highest BCUT2D eigenvalue weighted by molar-refractivity contribution is 6.45. The van der Waals surface area contributed by atoms with Gasteiger partial charge in [-0.25, -0.2) is 0 Å². The molecule has 0 unspecified atom stereocenters. The second-order valence-corrected chi connectivity index (χ2v) is 7.80. The Morgan fingerprint density at radius 1 is 0.958 bits per heavy atom. The van der Waals surface area contributed by atoms with Crippen LogP contribution in [0.2, 0.25) is 6.32 Å². The van der Waals surface area contributed by atoms with Crippen LogP contribution in [0.3, 0.4) is 0 Å². The highest BCUT2D eigenvalue weighted by atomic mass is 16.7. The fourth-order valence-electron chi connectivity index (χ4n) is 3.16. The van der Waals surface area contributed by atoms with Crippen molar-refractivity contribution in [2.45, 2.75) is 58.1 Å². The van der Waals surface area contributed by atoms with E-state index < -0.39 is 0 Å². The first-order valence-corrected chi connectivity index (χ1v) is 8.65. The van der Waals surface area contributed by atoms with Crippen LogP contribution in [0.5, 0.6) is 5.75 Å². The molecule has 3 rings (SSSR count). The third-order valence-electron chi connectivity index (χ3n) is 5.49. The minimum absolute atomic E-state index is 0.156. The highest BCUT2D eigenvalue weighted by Crippen LogP contribution is 2.39. The van der Waals surface area contributed by atoms with Gasteiger partial charge in [-0.05, 0) is 68.4 Å². The Morgan fingerprint density at radius 3 is 2.17 bits per heavy atom. The van der Waals surface area contributed by atoms with Gasteiger partial charge in [-0.2, -0.15) is 0 Å². The average molecular weight is 326 g/mol. The Balaban J connectivity index is 1.76. The quantitative estimate of drug-likeness (QED) is 0.736.